The van der Waals surface area contributed by atoms with Crippen molar-refractivity contribution in [2.24, 2.45) is 5.41 Å². The van der Waals surface area contributed by atoms with Gasteiger partial charge in [0.05, 0.1) is 17.6 Å². The molecule has 0 aliphatic heterocycles. The first-order valence-electron chi connectivity index (χ1n) is 5.03. The molecule has 0 amide bonds. The van der Waals surface area contributed by atoms with Crippen molar-refractivity contribution in [1.82, 2.24) is 0 Å². The standard InChI is InChI=1S/C12H12FNO/c13-10-4-2-9(3-5-10)11(15)12(8-14)6-1-7-12/h2-5,11,15H,1,6-7H2. The highest BCUT2D eigenvalue weighted by Gasteiger charge is 2.44. The maximum atomic E-state index is 12.7. The van der Waals surface area contributed by atoms with Crippen molar-refractivity contribution in [3.8, 4) is 6.07 Å². The summed E-state index contributed by atoms with van der Waals surface area (Å²) in [4.78, 5) is 0. The topological polar surface area (TPSA) is 44.0 Å². The summed E-state index contributed by atoms with van der Waals surface area (Å²) in [6.07, 6.45) is 1.63. The number of nitriles is 1. The smallest absolute Gasteiger partial charge is 0.123 e. The molecule has 1 atom stereocenters. The first-order valence-corrected chi connectivity index (χ1v) is 5.03. The van der Waals surface area contributed by atoms with Gasteiger partial charge in [0, 0.05) is 0 Å². The van der Waals surface area contributed by atoms with Gasteiger partial charge in [0.25, 0.3) is 0 Å². The van der Waals surface area contributed by atoms with E-state index in [-0.39, 0.29) is 5.82 Å². The quantitative estimate of drug-likeness (QED) is 0.806. The molecule has 15 heavy (non-hydrogen) atoms. The number of hydrogen-bond acceptors (Lipinski definition) is 2. The molecule has 1 aromatic carbocycles. The number of rotatable bonds is 2. The van der Waals surface area contributed by atoms with Crippen molar-refractivity contribution < 1.29 is 9.50 Å². The SMILES string of the molecule is N#CC1(C(O)c2ccc(F)cc2)CCC1. The molecular formula is C12H12FNO. The Hall–Kier alpha value is -1.40. The van der Waals surface area contributed by atoms with Crippen molar-refractivity contribution in [1.29, 1.82) is 5.26 Å². The Labute approximate surface area is 88.0 Å². The molecule has 1 N–H and O–H groups in total. The Bertz CT molecular complexity index is 389. The van der Waals surface area contributed by atoms with Gasteiger partial charge in [-0.1, -0.05) is 18.6 Å². The van der Waals surface area contributed by atoms with Crippen LogP contribution in [0.5, 0.6) is 0 Å². The minimum Gasteiger partial charge on any atom is -0.387 e. The minimum absolute atomic E-state index is 0.328. The number of halogens is 1. The van der Waals surface area contributed by atoms with E-state index >= 15 is 0 Å². The normalized spacial score (nSPS) is 20.1. The number of hydrogen-bond donors (Lipinski definition) is 1. The van der Waals surface area contributed by atoms with Crippen LogP contribution >= 0.6 is 0 Å². The molecule has 1 unspecified atom stereocenters. The third kappa shape index (κ3) is 1.62. The summed E-state index contributed by atoms with van der Waals surface area (Å²) < 4.78 is 12.7. The maximum absolute atomic E-state index is 12.7. The molecule has 1 saturated carbocycles. The zero-order valence-corrected chi connectivity index (χ0v) is 8.28. The maximum Gasteiger partial charge on any atom is 0.123 e. The second-order valence-corrected chi connectivity index (χ2v) is 4.08. The van der Waals surface area contributed by atoms with Crippen molar-refractivity contribution >= 4 is 0 Å². The van der Waals surface area contributed by atoms with E-state index in [2.05, 4.69) is 6.07 Å². The Morgan fingerprint density at radius 2 is 1.93 bits per heavy atom. The molecule has 1 aliphatic rings. The fourth-order valence-electron chi connectivity index (χ4n) is 1.97. The number of aliphatic hydroxyl groups is 1. The van der Waals surface area contributed by atoms with Crippen LogP contribution in [0.15, 0.2) is 24.3 Å². The zero-order chi connectivity index (χ0) is 10.9. The molecule has 0 radical (unpaired) electrons. The lowest BCUT2D eigenvalue weighted by atomic mass is 9.65. The van der Waals surface area contributed by atoms with Crippen LogP contribution in [-0.2, 0) is 0 Å². The highest BCUT2D eigenvalue weighted by Crippen LogP contribution is 2.49. The summed E-state index contributed by atoms with van der Waals surface area (Å²) >= 11 is 0. The van der Waals surface area contributed by atoms with E-state index in [9.17, 15) is 9.50 Å². The molecule has 78 valence electrons. The van der Waals surface area contributed by atoms with E-state index in [1.54, 1.807) is 0 Å². The highest BCUT2D eigenvalue weighted by molar-refractivity contribution is 5.25. The summed E-state index contributed by atoms with van der Waals surface area (Å²) in [5, 5.41) is 19.1. The Morgan fingerprint density at radius 3 is 2.33 bits per heavy atom. The molecule has 1 aromatic rings. The van der Waals surface area contributed by atoms with Gasteiger partial charge in [-0.3, -0.25) is 0 Å². The Kier molecular flexibility index (Phi) is 2.45. The largest absolute Gasteiger partial charge is 0.387 e. The number of aliphatic hydroxyl groups excluding tert-OH is 1. The van der Waals surface area contributed by atoms with Crippen LogP contribution in [0.1, 0.15) is 30.9 Å². The van der Waals surface area contributed by atoms with Crippen LogP contribution in [0.25, 0.3) is 0 Å². The Morgan fingerprint density at radius 1 is 1.33 bits per heavy atom. The van der Waals surface area contributed by atoms with Crippen LogP contribution in [0.3, 0.4) is 0 Å². The van der Waals surface area contributed by atoms with Gasteiger partial charge in [-0.2, -0.15) is 5.26 Å². The summed E-state index contributed by atoms with van der Waals surface area (Å²) in [7, 11) is 0. The van der Waals surface area contributed by atoms with E-state index in [0.717, 1.165) is 19.3 Å². The first-order chi connectivity index (χ1) is 7.18. The van der Waals surface area contributed by atoms with Crippen molar-refractivity contribution in [2.75, 3.05) is 0 Å². The van der Waals surface area contributed by atoms with Gasteiger partial charge in [-0.15, -0.1) is 0 Å². The molecule has 3 heteroatoms. The van der Waals surface area contributed by atoms with E-state index in [0.29, 0.717) is 5.56 Å². The molecule has 0 bridgehead atoms. The molecule has 0 saturated heterocycles. The van der Waals surface area contributed by atoms with Crippen molar-refractivity contribution in [3.63, 3.8) is 0 Å². The molecule has 2 rings (SSSR count). The van der Waals surface area contributed by atoms with E-state index in [4.69, 9.17) is 5.26 Å². The molecule has 1 aliphatic carbocycles. The molecule has 1 fully saturated rings. The predicted molar refractivity (Wildman–Crippen MR) is 53.3 cm³/mol. The van der Waals surface area contributed by atoms with Gasteiger partial charge < -0.3 is 5.11 Å². The monoisotopic (exact) mass is 205 g/mol. The van der Waals surface area contributed by atoms with Crippen LogP contribution in [0.2, 0.25) is 0 Å². The van der Waals surface area contributed by atoms with Gasteiger partial charge in [-0.25, -0.2) is 4.39 Å². The lowest BCUT2D eigenvalue weighted by Gasteiger charge is -2.39. The van der Waals surface area contributed by atoms with Crippen LogP contribution in [0, 0.1) is 22.6 Å². The molecule has 0 aromatic heterocycles. The van der Waals surface area contributed by atoms with Crippen LogP contribution < -0.4 is 0 Å². The number of benzene rings is 1. The number of nitrogens with zero attached hydrogens (tertiary/aromatic N) is 1. The van der Waals surface area contributed by atoms with Gasteiger partial charge in [-0.05, 0) is 30.5 Å². The summed E-state index contributed by atoms with van der Waals surface area (Å²) in [6, 6.07) is 7.88. The van der Waals surface area contributed by atoms with E-state index in [1.165, 1.54) is 24.3 Å². The molecule has 2 nitrogen and oxygen atoms in total. The summed E-state index contributed by atoms with van der Waals surface area (Å²) in [6.45, 7) is 0. The molecule has 0 heterocycles. The second-order valence-electron chi connectivity index (χ2n) is 4.08. The summed E-state index contributed by atoms with van der Waals surface area (Å²) in [5.74, 6) is -0.328. The average Bonchev–Trinajstić information content (AvgIpc) is 2.18. The third-order valence-corrected chi connectivity index (χ3v) is 3.18. The van der Waals surface area contributed by atoms with Crippen molar-refractivity contribution in [3.05, 3.63) is 35.6 Å². The zero-order valence-electron chi connectivity index (χ0n) is 8.28. The summed E-state index contributed by atoms with van der Waals surface area (Å²) in [5.41, 5.74) is -0.0182. The lowest BCUT2D eigenvalue weighted by molar-refractivity contribution is 0.00791. The second kappa shape index (κ2) is 3.63. The van der Waals surface area contributed by atoms with Gasteiger partial charge in [0.2, 0.25) is 0 Å². The minimum atomic E-state index is -0.795. The Balaban J connectivity index is 2.24. The average molecular weight is 205 g/mol. The van der Waals surface area contributed by atoms with E-state index < -0.39 is 11.5 Å². The highest BCUT2D eigenvalue weighted by atomic mass is 19.1. The lowest BCUT2D eigenvalue weighted by Crippen LogP contribution is -2.34. The predicted octanol–water partition coefficient (Wildman–Crippen LogP) is 2.55. The van der Waals surface area contributed by atoms with Crippen LogP contribution in [0.4, 0.5) is 4.39 Å². The van der Waals surface area contributed by atoms with E-state index in [1.807, 2.05) is 0 Å². The molecule has 0 spiro atoms. The fourth-order valence-corrected chi connectivity index (χ4v) is 1.97. The fraction of sp³-hybridized carbons (Fsp3) is 0.417. The van der Waals surface area contributed by atoms with Gasteiger partial charge in [0.15, 0.2) is 0 Å². The van der Waals surface area contributed by atoms with Crippen LogP contribution in [-0.4, -0.2) is 5.11 Å². The van der Waals surface area contributed by atoms with Gasteiger partial charge in [0.1, 0.15) is 5.82 Å². The molecular weight excluding hydrogens is 193 g/mol. The van der Waals surface area contributed by atoms with Crippen molar-refractivity contribution in [2.45, 2.75) is 25.4 Å². The van der Waals surface area contributed by atoms with Gasteiger partial charge >= 0.3 is 0 Å². The first kappa shape index (κ1) is 10.1. The third-order valence-electron chi connectivity index (χ3n) is 3.18.